The van der Waals surface area contributed by atoms with Gasteiger partial charge in [-0.05, 0) is 6.42 Å². The fraction of sp³-hybridized carbons (Fsp3) is 0.850. The summed E-state index contributed by atoms with van der Waals surface area (Å²) in [6, 6.07) is 0. The van der Waals surface area contributed by atoms with Crippen molar-refractivity contribution in [2.24, 2.45) is 0 Å². The second-order valence-electron chi connectivity index (χ2n) is 7.07. The minimum atomic E-state index is -2.23. The van der Waals surface area contributed by atoms with Crippen molar-refractivity contribution >= 4 is 17.7 Å². The highest BCUT2D eigenvalue weighted by molar-refractivity contribution is 6.36. The number of unbranched alkanes of at least 4 members (excludes halogenated alkanes) is 10. The van der Waals surface area contributed by atoms with Crippen molar-refractivity contribution in [1.82, 2.24) is 5.32 Å². The SMILES string of the molecule is CCCCCCCCCCCCCC(=O)C(=O)NCC(O)(CO)C(=O)OC. The van der Waals surface area contributed by atoms with Crippen LogP contribution in [-0.2, 0) is 19.1 Å². The molecule has 0 aliphatic carbocycles. The Balaban J connectivity index is 3.75. The quantitative estimate of drug-likeness (QED) is 0.200. The summed E-state index contributed by atoms with van der Waals surface area (Å²) in [4.78, 5) is 34.9. The molecular formula is C20H37NO6. The van der Waals surface area contributed by atoms with Gasteiger partial charge >= 0.3 is 5.97 Å². The standard InChI is InChI=1S/C20H37NO6/c1-3-4-5-6-7-8-9-10-11-12-13-14-17(23)18(24)21-15-20(26,16-22)19(25)27-2/h22,26H,3-16H2,1-2H3,(H,21,24). The van der Waals surface area contributed by atoms with Crippen LogP contribution in [0, 0.1) is 0 Å². The average Bonchev–Trinajstić information content (AvgIpc) is 2.68. The fourth-order valence-corrected chi connectivity index (χ4v) is 2.77. The lowest BCUT2D eigenvalue weighted by atomic mass is 10.0. The molecule has 0 aliphatic heterocycles. The van der Waals surface area contributed by atoms with E-state index < -0.39 is 36.4 Å². The Morgan fingerprint density at radius 3 is 1.81 bits per heavy atom. The van der Waals surface area contributed by atoms with Gasteiger partial charge in [0, 0.05) is 6.42 Å². The molecule has 0 rings (SSSR count). The number of rotatable bonds is 17. The number of nitrogens with one attached hydrogen (secondary N) is 1. The zero-order valence-corrected chi connectivity index (χ0v) is 16.9. The zero-order chi connectivity index (χ0) is 20.5. The number of hydrogen-bond acceptors (Lipinski definition) is 6. The Morgan fingerprint density at radius 1 is 0.889 bits per heavy atom. The average molecular weight is 388 g/mol. The second-order valence-corrected chi connectivity index (χ2v) is 7.07. The molecule has 0 aromatic rings. The first kappa shape index (κ1) is 25.5. The summed E-state index contributed by atoms with van der Waals surface area (Å²) in [6.45, 7) is 0.734. The smallest absolute Gasteiger partial charge is 0.342 e. The Bertz CT molecular complexity index is 440. The largest absolute Gasteiger partial charge is 0.467 e. The first-order valence-corrected chi connectivity index (χ1v) is 10.1. The first-order valence-electron chi connectivity index (χ1n) is 10.1. The van der Waals surface area contributed by atoms with Gasteiger partial charge < -0.3 is 20.3 Å². The van der Waals surface area contributed by atoms with Crippen LogP contribution >= 0.6 is 0 Å². The predicted molar refractivity (Wildman–Crippen MR) is 103 cm³/mol. The van der Waals surface area contributed by atoms with E-state index in [-0.39, 0.29) is 6.42 Å². The van der Waals surface area contributed by atoms with Gasteiger partial charge in [-0.2, -0.15) is 0 Å². The molecule has 3 N–H and O–H groups in total. The van der Waals surface area contributed by atoms with Crippen LogP contribution < -0.4 is 5.32 Å². The summed E-state index contributed by atoms with van der Waals surface area (Å²) in [7, 11) is 1.06. The molecule has 0 bridgehead atoms. The van der Waals surface area contributed by atoms with E-state index in [4.69, 9.17) is 5.11 Å². The van der Waals surface area contributed by atoms with Crippen LogP contribution in [0.3, 0.4) is 0 Å². The minimum Gasteiger partial charge on any atom is -0.467 e. The number of carbonyl (C=O) groups is 3. The summed E-state index contributed by atoms with van der Waals surface area (Å²) in [5, 5.41) is 21.1. The van der Waals surface area contributed by atoms with Gasteiger partial charge in [0.2, 0.25) is 11.4 Å². The van der Waals surface area contributed by atoms with Crippen LogP contribution in [0.25, 0.3) is 0 Å². The van der Waals surface area contributed by atoms with Gasteiger partial charge in [0.05, 0.1) is 20.3 Å². The number of ether oxygens (including phenoxy) is 1. The van der Waals surface area contributed by atoms with Crippen LogP contribution in [0.2, 0.25) is 0 Å². The third-order valence-electron chi connectivity index (χ3n) is 4.63. The van der Waals surface area contributed by atoms with Gasteiger partial charge in [-0.1, -0.05) is 71.1 Å². The number of carbonyl (C=O) groups excluding carboxylic acids is 3. The molecule has 1 atom stereocenters. The maximum absolute atomic E-state index is 11.8. The van der Waals surface area contributed by atoms with Gasteiger partial charge in [0.1, 0.15) is 0 Å². The van der Waals surface area contributed by atoms with Crippen molar-refractivity contribution in [3.63, 3.8) is 0 Å². The molecule has 7 nitrogen and oxygen atoms in total. The third kappa shape index (κ3) is 11.8. The van der Waals surface area contributed by atoms with Crippen LogP contribution in [0.15, 0.2) is 0 Å². The zero-order valence-electron chi connectivity index (χ0n) is 16.9. The molecule has 0 spiro atoms. The molecule has 0 aliphatic rings. The van der Waals surface area contributed by atoms with Crippen LogP contribution in [0.4, 0.5) is 0 Å². The number of Topliss-reactive ketones (excluding diaryl/α,β-unsaturated/α-hetero) is 1. The Kier molecular flexibility index (Phi) is 14.7. The Morgan fingerprint density at radius 2 is 1.37 bits per heavy atom. The van der Waals surface area contributed by atoms with E-state index in [1.807, 2.05) is 0 Å². The topological polar surface area (TPSA) is 113 Å². The molecule has 7 heteroatoms. The maximum Gasteiger partial charge on any atom is 0.342 e. The Hall–Kier alpha value is -1.47. The van der Waals surface area contributed by atoms with Crippen molar-refractivity contribution in [3.05, 3.63) is 0 Å². The molecular weight excluding hydrogens is 350 g/mol. The van der Waals surface area contributed by atoms with Gasteiger partial charge in [0.15, 0.2) is 0 Å². The number of esters is 1. The fourth-order valence-electron chi connectivity index (χ4n) is 2.77. The number of methoxy groups -OCH3 is 1. The lowest BCUT2D eigenvalue weighted by Crippen LogP contribution is -2.53. The molecule has 0 fully saturated rings. The minimum absolute atomic E-state index is 0.138. The highest BCUT2D eigenvalue weighted by atomic mass is 16.5. The van der Waals surface area contributed by atoms with Crippen molar-refractivity contribution in [1.29, 1.82) is 0 Å². The summed E-state index contributed by atoms with van der Waals surface area (Å²) in [5.74, 6) is -2.52. The summed E-state index contributed by atoms with van der Waals surface area (Å²) in [5.41, 5.74) is -2.23. The molecule has 0 saturated carbocycles. The highest BCUT2D eigenvalue weighted by Gasteiger charge is 2.37. The third-order valence-corrected chi connectivity index (χ3v) is 4.63. The van der Waals surface area contributed by atoms with Gasteiger partial charge in [-0.15, -0.1) is 0 Å². The first-order chi connectivity index (χ1) is 12.9. The highest BCUT2D eigenvalue weighted by Crippen LogP contribution is 2.12. The molecule has 0 radical (unpaired) electrons. The van der Waals surface area contributed by atoms with Crippen molar-refractivity contribution in [3.8, 4) is 0 Å². The number of hydrogen-bond donors (Lipinski definition) is 3. The number of aliphatic hydroxyl groups is 2. The van der Waals surface area contributed by atoms with Crippen molar-refractivity contribution < 1.29 is 29.3 Å². The molecule has 158 valence electrons. The lowest BCUT2D eigenvalue weighted by molar-refractivity contribution is -0.166. The predicted octanol–water partition coefficient (Wildman–Crippen LogP) is 2.27. The molecule has 0 aromatic heterocycles. The van der Waals surface area contributed by atoms with E-state index in [9.17, 15) is 19.5 Å². The van der Waals surface area contributed by atoms with Gasteiger partial charge in [-0.25, -0.2) is 4.79 Å². The number of aliphatic hydroxyl groups excluding tert-OH is 1. The summed E-state index contributed by atoms with van der Waals surface area (Å²) < 4.78 is 4.36. The lowest BCUT2D eigenvalue weighted by Gasteiger charge is -2.22. The van der Waals surface area contributed by atoms with Crippen LogP contribution in [-0.4, -0.2) is 53.7 Å². The Labute approximate surface area is 162 Å². The van der Waals surface area contributed by atoms with Crippen LogP contribution in [0.5, 0.6) is 0 Å². The van der Waals surface area contributed by atoms with E-state index in [0.29, 0.717) is 6.42 Å². The summed E-state index contributed by atoms with van der Waals surface area (Å²) >= 11 is 0. The second kappa shape index (κ2) is 15.6. The van der Waals surface area contributed by atoms with E-state index in [1.54, 1.807) is 0 Å². The van der Waals surface area contributed by atoms with E-state index in [2.05, 4.69) is 17.0 Å². The number of ketones is 1. The molecule has 27 heavy (non-hydrogen) atoms. The van der Waals surface area contributed by atoms with Crippen LogP contribution in [0.1, 0.15) is 84.0 Å². The molecule has 1 amide bonds. The maximum atomic E-state index is 11.8. The van der Waals surface area contributed by atoms with Crippen molar-refractivity contribution in [2.45, 2.75) is 89.6 Å². The van der Waals surface area contributed by atoms with Crippen molar-refractivity contribution in [2.75, 3.05) is 20.3 Å². The molecule has 0 aromatic carbocycles. The normalized spacial score (nSPS) is 13.0. The van der Waals surface area contributed by atoms with Gasteiger partial charge in [-0.3, -0.25) is 9.59 Å². The van der Waals surface area contributed by atoms with E-state index in [0.717, 1.165) is 26.4 Å². The molecule has 1 unspecified atom stereocenters. The molecule has 0 saturated heterocycles. The van der Waals surface area contributed by atoms with E-state index >= 15 is 0 Å². The van der Waals surface area contributed by atoms with Gasteiger partial charge in [0.25, 0.3) is 5.91 Å². The number of amides is 1. The molecule has 0 heterocycles. The monoisotopic (exact) mass is 387 g/mol. The summed E-state index contributed by atoms with van der Waals surface area (Å²) in [6.07, 6.45) is 12.9. The van der Waals surface area contributed by atoms with E-state index in [1.165, 1.54) is 44.9 Å².